The molecular weight excluding hydrogens is 230 g/mol. The molecule has 1 aliphatic heterocycles. The number of hydrogen-bond donors (Lipinski definition) is 0. The third kappa shape index (κ3) is 1.95. The standard InChI is InChI=1S/C14H13NOS/c16-14(13-5-2-8-17-13)12-4-1-3-10-9-15-7-6-11(10)12/h1,3-4,6-7,9,13H,2,5,8H2. The van der Waals surface area contributed by atoms with Crippen molar-refractivity contribution in [2.24, 2.45) is 0 Å². The van der Waals surface area contributed by atoms with Crippen LogP contribution in [0.1, 0.15) is 23.2 Å². The van der Waals surface area contributed by atoms with Crippen molar-refractivity contribution in [1.82, 2.24) is 4.98 Å². The number of carbonyl (C=O) groups excluding carboxylic acids is 1. The number of pyridine rings is 1. The average Bonchev–Trinajstić information content (AvgIpc) is 2.91. The first kappa shape index (κ1) is 10.8. The van der Waals surface area contributed by atoms with Gasteiger partial charge >= 0.3 is 0 Å². The summed E-state index contributed by atoms with van der Waals surface area (Å²) in [5, 5.41) is 2.23. The minimum atomic E-state index is 0.161. The van der Waals surface area contributed by atoms with E-state index in [1.165, 1.54) is 0 Å². The molecule has 17 heavy (non-hydrogen) atoms. The number of rotatable bonds is 2. The summed E-state index contributed by atoms with van der Waals surface area (Å²) >= 11 is 1.79. The normalized spacial score (nSPS) is 19.6. The molecule has 0 bridgehead atoms. The van der Waals surface area contributed by atoms with Crippen LogP contribution < -0.4 is 0 Å². The highest BCUT2D eigenvalue weighted by Crippen LogP contribution is 2.30. The topological polar surface area (TPSA) is 30.0 Å². The molecule has 1 saturated heterocycles. The Kier molecular flexibility index (Phi) is 2.85. The first-order valence-corrected chi connectivity index (χ1v) is 6.90. The zero-order chi connectivity index (χ0) is 11.7. The van der Waals surface area contributed by atoms with Gasteiger partial charge in [0.25, 0.3) is 0 Å². The van der Waals surface area contributed by atoms with E-state index in [0.717, 1.165) is 34.9 Å². The number of aromatic nitrogens is 1. The molecule has 3 rings (SSSR count). The molecule has 3 heteroatoms. The van der Waals surface area contributed by atoms with E-state index in [4.69, 9.17) is 0 Å². The van der Waals surface area contributed by atoms with Crippen molar-refractivity contribution >= 4 is 28.3 Å². The summed E-state index contributed by atoms with van der Waals surface area (Å²) in [7, 11) is 0. The predicted octanol–water partition coefficient (Wildman–Crippen LogP) is 3.31. The van der Waals surface area contributed by atoms with Gasteiger partial charge in [-0.1, -0.05) is 18.2 Å². The predicted molar refractivity (Wildman–Crippen MR) is 71.6 cm³/mol. The molecule has 1 aromatic carbocycles. The minimum absolute atomic E-state index is 0.161. The van der Waals surface area contributed by atoms with Crippen molar-refractivity contribution in [3.05, 3.63) is 42.2 Å². The second-order valence-corrected chi connectivity index (χ2v) is 5.58. The molecule has 1 aromatic heterocycles. The van der Waals surface area contributed by atoms with Crippen molar-refractivity contribution < 1.29 is 4.79 Å². The number of benzene rings is 1. The van der Waals surface area contributed by atoms with E-state index in [2.05, 4.69) is 4.98 Å². The minimum Gasteiger partial charge on any atom is -0.293 e. The van der Waals surface area contributed by atoms with Crippen LogP contribution in [0.4, 0.5) is 0 Å². The molecule has 1 aliphatic rings. The van der Waals surface area contributed by atoms with E-state index in [0.29, 0.717) is 0 Å². The Morgan fingerprint density at radius 2 is 2.29 bits per heavy atom. The summed E-state index contributed by atoms with van der Waals surface area (Å²) in [6, 6.07) is 7.81. The molecule has 1 atom stereocenters. The fourth-order valence-electron chi connectivity index (χ4n) is 2.30. The molecule has 1 fully saturated rings. The van der Waals surface area contributed by atoms with E-state index >= 15 is 0 Å². The zero-order valence-electron chi connectivity index (χ0n) is 9.43. The van der Waals surface area contributed by atoms with E-state index in [9.17, 15) is 4.79 Å². The lowest BCUT2D eigenvalue weighted by Crippen LogP contribution is -2.14. The van der Waals surface area contributed by atoms with E-state index in [-0.39, 0.29) is 11.0 Å². The molecule has 0 radical (unpaired) electrons. The van der Waals surface area contributed by atoms with Crippen LogP contribution in [0.3, 0.4) is 0 Å². The number of ketones is 1. The monoisotopic (exact) mass is 243 g/mol. The number of Topliss-reactive ketones (excluding diaryl/α,β-unsaturated/α-hetero) is 1. The van der Waals surface area contributed by atoms with Crippen LogP contribution in [0.25, 0.3) is 10.8 Å². The van der Waals surface area contributed by atoms with Gasteiger partial charge in [0.05, 0.1) is 5.25 Å². The fourth-order valence-corrected chi connectivity index (χ4v) is 3.52. The van der Waals surface area contributed by atoms with Crippen molar-refractivity contribution in [2.75, 3.05) is 5.75 Å². The average molecular weight is 243 g/mol. The number of nitrogens with zero attached hydrogens (tertiary/aromatic N) is 1. The highest BCUT2D eigenvalue weighted by molar-refractivity contribution is 8.00. The van der Waals surface area contributed by atoms with Crippen molar-refractivity contribution in [2.45, 2.75) is 18.1 Å². The van der Waals surface area contributed by atoms with E-state index < -0.39 is 0 Å². The molecule has 2 aromatic rings. The number of fused-ring (bicyclic) bond motifs is 1. The van der Waals surface area contributed by atoms with Crippen LogP contribution in [0.15, 0.2) is 36.7 Å². The third-order valence-corrected chi connectivity index (χ3v) is 4.54. The lowest BCUT2D eigenvalue weighted by molar-refractivity contribution is 0.0990. The van der Waals surface area contributed by atoms with Crippen LogP contribution >= 0.6 is 11.8 Å². The van der Waals surface area contributed by atoms with Gasteiger partial charge in [-0.15, -0.1) is 0 Å². The highest BCUT2D eigenvalue weighted by Gasteiger charge is 2.25. The fraction of sp³-hybridized carbons (Fsp3) is 0.286. The second-order valence-electron chi connectivity index (χ2n) is 4.27. The lowest BCUT2D eigenvalue weighted by Gasteiger charge is -2.09. The second kappa shape index (κ2) is 4.49. The van der Waals surface area contributed by atoms with Gasteiger partial charge in [0, 0.05) is 23.3 Å². The van der Waals surface area contributed by atoms with Gasteiger partial charge in [0.15, 0.2) is 5.78 Å². The lowest BCUT2D eigenvalue weighted by atomic mass is 10.00. The van der Waals surface area contributed by atoms with Gasteiger partial charge in [0.2, 0.25) is 0 Å². The summed E-state index contributed by atoms with van der Waals surface area (Å²) < 4.78 is 0. The van der Waals surface area contributed by atoms with Crippen LogP contribution in [0, 0.1) is 0 Å². The highest BCUT2D eigenvalue weighted by atomic mass is 32.2. The molecule has 86 valence electrons. The first-order chi connectivity index (χ1) is 8.36. The number of carbonyl (C=O) groups is 1. The van der Waals surface area contributed by atoms with Crippen LogP contribution in [0.2, 0.25) is 0 Å². The Balaban J connectivity index is 2.07. The summed E-state index contributed by atoms with van der Waals surface area (Å²) in [6.07, 6.45) is 5.74. The molecule has 1 unspecified atom stereocenters. The molecule has 0 amide bonds. The summed E-state index contributed by atoms with van der Waals surface area (Å²) in [5.74, 6) is 1.40. The van der Waals surface area contributed by atoms with Crippen molar-refractivity contribution in [3.63, 3.8) is 0 Å². The van der Waals surface area contributed by atoms with Gasteiger partial charge in [-0.25, -0.2) is 0 Å². The van der Waals surface area contributed by atoms with Gasteiger partial charge in [-0.2, -0.15) is 11.8 Å². The molecular formula is C14H13NOS. The molecule has 2 heterocycles. The Labute approximate surface area is 104 Å². The Bertz CT molecular complexity index is 556. The molecule has 0 spiro atoms. The maximum atomic E-state index is 12.4. The van der Waals surface area contributed by atoms with E-state index in [1.807, 2.05) is 30.5 Å². The van der Waals surface area contributed by atoms with Gasteiger partial charge in [-0.05, 0) is 30.0 Å². The summed E-state index contributed by atoms with van der Waals surface area (Å²) in [6.45, 7) is 0. The Morgan fingerprint density at radius 3 is 3.12 bits per heavy atom. The maximum absolute atomic E-state index is 12.4. The molecule has 0 N–H and O–H groups in total. The molecule has 0 aliphatic carbocycles. The van der Waals surface area contributed by atoms with Crippen LogP contribution in [-0.4, -0.2) is 21.8 Å². The Morgan fingerprint density at radius 1 is 1.35 bits per heavy atom. The van der Waals surface area contributed by atoms with Crippen molar-refractivity contribution in [1.29, 1.82) is 0 Å². The van der Waals surface area contributed by atoms with E-state index in [1.54, 1.807) is 18.0 Å². The van der Waals surface area contributed by atoms with Crippen LogP contribution in [-0.2, 0) is 0 Å². The van der Waals surface area contributed by atoms with Crippen molar-refractivity contribution in [3.8, 4) is 0 Å². The summed E-state index contributed by atoms with van der Waals surface area (Å²) in [5.41, 5.74) is 0.851. The summed E-state index contributed by atoms with van der Waals surface area (Å²) in [4.78, 5) is 16.5. The van der Waals surface area contributed by atoms with Gasteiger partial charge in [-0.3, -0.25) is 9.78 Å². The quantitative estimate of drug-likeness (QED) is 0.758. The smallest absolute Gasteiger partial charge is 0.176 e. The van der Waals surface area contributed by atoms with Gasteiger partial charge in [0.1, 0.15) is 0 Å². The third-order valence-electron chi connectivity index (χ3n) is 3.17. The maximum Gasteiger partial charge on any atom is 0.176 e. The molecule has 0 saturated carbocycles. The number of hydrogen-bond acceptors (Lipinski definition) is 3. The number of thioether (sulfide) groups is 1. The Hall–Kier alpha value is -1.35. The first-order valence-electron chi connectivity index (χ1n) is 5.85. The van der Waals surface area contributed by atoms with Crippen LogP contribution in [0.5, 0.6) is 0 Å². The SMILES string of the molecule is O=C(c1cccc2cnccc12)C1CCCS1. The largest absolute Gasteiger partial charge is 0.293 e. The zero-order valence-corrected chi connectivity index (χ0v) is 10.2. The van der Waals surface area contributed by atoms with Gasteiger partial charge < -0.3 is 0 Å². The molecule has 2 nitrogen and oxygen atoms in total.